The Kier molecular flexibility index (Phi) is 4.25. The standard InChI is InChI=1S/C12H17ClN2O2S/c1-15(10-5-3-2-4-6-10)18(16,17)12-9-14-8-7-11(12)13/h7-10H,2-6H2,1H3. The number of nitrogens with zero attached hydrogens (tertiary/aromatic N) is 2. The van der Waals surface area contributed by atoms with Crippen molar-refractivity contribution in [2.45, 2.75) is 43.0 Å². The molecule has 1 fully saturated rings. The number of halogens is 1. The Balaban J connectivity index is 2.28. The van der Waals surface area contributed by atoms with Crippen molar-refractivity contribution in [3.63, 3.8) is 0 Å². The Morgan fingerprint density at radius 3 is 2.61 bits per heavy atom. The minimum atomic E-state index is -3.53. The number of hydrogen-bond donors (Lipinski definition) is 0. The Labute approximate surface area is 113 Å². The minimum absolute atomic E-state index is 0.0834. The molecule has 1 heterocycles. The van der Waals surface area contributed by atoms with Gasteiger partial charge in [0.2, 0.25) is 10.0 Å². The summed E-state index contributed by atoms with van der Waals surface area (Å²) in [7, 11) is -1.90. The molecule has 6 heteroatoms. The van der Waals surface area contributed by atoms with Crippen LogP contribution in [0.1, 0.15) is 32.1 Å². The van der Waals surface area contributed by atoms with Crippen molar-refractivity contribution < 1.29 is 8.42 Å². The molecule has 0 amide bonds. The van der Waals surface area contributed by atoms with Gasteiger partial charge >= 0.3 is 0 Å². The van der Waals surface area contributed by atoms with Gasteiger partial charge in [0.05, 0.1) is 5.02 Å². The Hall–Kier alpha value is -0.650. The fourth-order valence-corrected chi connectivity index (χ4v) is 4.17. The van der Waals surface area contributed by atoms with Crippen molar-refractivity contribution in [1.82, 2.24) is 9.29 Å². The van der Waals surface area contributed by atoms with Crippen LogP contribution in [0.3, 0.4) is 0 Å². The predicted octanol–water partition coefficient (Wildman–Crippen LogP) is 2.69. The molecule has 1 aromatic heterocycles. The first-order chi connectivity index (χ1) is 8.53. The van der Waals surface area contributed by atoms with Gasteiger partial charge in [0.25, 0.3) is 0 Å². The molecule has 0 bridgehead atoms. The second-order valence-corrected chi connectivity index (χ2v) is 6.99. The van der Waals surface area contributed by atoms with E-state index in [2.05, 4.69) is 4.98 Å². The van der Waals surface area contributed by atoms with Crippen LogP contribution in [0, 0.1) is 0 Å². The van der Waals surface area contributed by atoms with E-state index >= 15 is 0 Å². The first kappa shape index (κ1) is 13.8. The van der Waals surface area contributed by atoms with Crippen LogP contribution in [0.25, 0.3) is 0 Å². The number of rotatable bonds is 3. The number of sulfonamides is 1. The molecule has 0 saturated heterocycles. The molecule has 0 unspecified atom stereocenters. The van der Waals surface area contributed by atoms with E-state index < -0.39 is 10.0 Å². The molecule has 1 aliphatic rings. The molecule has 0 spiro atoms. The monoisotopic (exact) mass is 288 g/mol. The molecule has 2 rings (SSSR count). The van der Waals surface area contributed by atoms with Crippen molar-refractivity contribution in [2.75, 3.05) is 7.05 Å². The molecule has 1 aromatic rings. The predicted molar refractivity (Wildman–Crippen MR) is 71.1 cm³/mol. The summed E-state index contributed by atoms with van der Waals surface area (Å²) in [5.41, 5.74) is 0. The Morgan fingerprint density at radius 2 is 2.00 bits per heavy atom. The quantitative estimate of drug-likeness (QED) is 0.859. The third-order valence-corrected chi connectivity index (χ3v) is 5.86. The van der Waals surface area contributed by atoms with E-state index in [4.69, 9.17) is 11.6 Å². The molecule has 0 radical (unpaired) electrons. The highest BCUT2D eigenvalue weighted by molar-refractivity contribution is 7.89. The van der Waals surface area contributed by atoms with Crippen LogP contribution >= 0.6 is 11.6 Å². The summed E-state index contributed by atoms with van der Waals surface area (Å²) in [6, 6.07) is 1.59. The van der Waals surface area contributed by atoms with Crippen LogP contribution in [0.5, 0.6) is 0 Å². The largest absolute Gasteiger partial charge is 0.263 e. The lowest BCUT2D eigenvalue weighted by molar-refractivity contribution is 0.286. The van der Waals surface area contributed by atoms with Crippen molar-refractivity contribution in [1.29, 1.82) is 0 Å². The molecular weight excluding hydrogens is 272 g/mol. The van der Waals surface area contributed by atoms with Crippen molar-refractivity contribution in [2.24, 2.45) is 0 Å². The maximum absolute atomic E-state index is 12.5. The Bertz CT molecular complexity index is 513. The molecule has 1 saturated carbocycles. The van der Waals surface area contributed by atoms with Crippen molar-refractivity contribution >= 4 is 21.6 Å². The molecule has 0 atom stereocenters. The smallest absolute Gasteiger partial charge is 0.246 e. The SMILES string of the molecule is CN(C1CCCCC1)S(=O)(=O)c1cnccc1Cl. The zero-order chi connectivity index (χ0) is 13.2. The number of hydrogen-bond acceptors (Lipinski definition) is 3. The molecule has 4 nitrogen and oxygen atoms in total. The summed E-state index contributed by atoms with van der Waals surface area (Å²) in [6.07, 6.45) is 8.02. The molecule has 0 aromatic carbocycles. The molecular formula is C12H17ClN2O2S. The molecule has 1 aliphatic carbocycles. The zero-order valence-corrected chi connectivity index (χ0v) is 11.9. The van der Waals surface area contributed by atoms with Gasteiger partial charge in [-0.3, -0.25) is 4.98 Å². The Morgan fingerprint density at radius 1 is 1.33 bits per heavy atom. The van der Waals surface area contributed by atoms with Gasteiger partial charge in [0.15, 0.2) is 0 Å². The second kappa shape index (κ2) is 5.55. The van der Waals surface area contributed by atoms with E-state index in [0.717, 1.165) is 25.7 Å². The third-order valence-electron chi connectivity index (χ3n) is 3.48. The van der Waals surface area contributed by atoms with Gasteiger partial charge in [-0.05, 0) is 18.9 Å². The lowest BCUT2D eigenvalue weighted by Gasteiger charge is -2.30. The van der Waals surface area contributed by atoms with Crippen molar-refractivity contribution in [3.8, 4) is 0 Å². The van der Waals surface area contributed by atoms with Crippen LogP contribution in [0.2, 0.25) is 5.02 Å². The highest BCUT2D eigenvalue weighted by Crippen LogP contribution is 2.28. The average Bonchev–Trinajstić information content (AvgIpc) is 2.39. The summed E-state index contributed by atoms with van der Waals surface area (Å²) < 4.78 is 26.4. The van der Waals surface area contributed by atoms with Gasteiger partial charge in [0.1, 0.15) is 4.90 Å². The lowest BCUT2D eigenvalue weighted by Crippen LogP contribution is -2.38. The normalized spacial score (nSPS) is 18.2. The van der Waals surface area contributed by atoms with Gasteiger partial charge in [0, 0.05) is 25.5 Å². The maximum atomic E-state index is 12.5. The second-order valence-electron chi connectivity index (χ2n) is 4.62. The van der Waals surface area contributed by atoms with E-state index in [1.54, 1.807) is 7.05 Å². The molecule has 100 valence electrons. The molecule has 0 N–H and O–H groups in total. The van der Waals surface area contributed by atoms with E-state index in [0.29, 0.717) is 0 Å². The summed E-state index contributed by atoms with van der Waals surface area (Å²) in [4.78, 5) is 3.95. The summed E-state index contributed by atoms with van der Waals surface area (Å²) >= 11 is 5.95. The molecule has 18 heavy (non-hydrogen) atoms. The van der Waals surface area contributed by atoms with E-state index in [1.807, 2.05) is 0 Å². The van der Waals surface area contributed by atoms with Crippen LogP contribution < -0.4 is 0 Å². The van der Waals surface area contributed by atoms with Crippen LogP contribution in [-0.2, 0) is 10.0 Å². The highest BCUT2D eigenvalue weighted by atomic mass is 35.5. The molecule has 0 aliphatic heterocycles. The van der Waals surface area contributed by atoms with Gasteiger partial charge in [-0.25, -0.2) is 8.42 Å². The number of pyridine rings is 1. The number of aromatic nitrogens is 1. The lowest BCUT2D eigenvalue weighted by atomic mass is 9.96. The van der Waals surface area contributed by atoms with Gasteiger partial charge in [-0.1, -0.05) is 30.9 Å². The van der Waals surface area contributed by atoms with Crippen LogP contribution in [0.4, 0.5) is 0 Å². The average molecular weight is 289 g/mol. The zero-order valence-electron chi connectivity index (χ0n) is 10.3. The summed E-state index contributed by atoms with van der Waals surface area (Å²) in [5.74, 6) is 0. The fraction of sp³-hybridized carbons (Fsp3) is 0.583. The van der Waals surface area contributed by atoms with E-state index in [-0.39, 0.29) is 16.0 Å². The first-order valence-electron chi connectivity index (χ1n) is 6.11. The van der Waals surface area contributed by atoms with Gasteiger partial charge < -0.3 is 0 Å². The maximum Gasteiger partial charge on any atom is 0.246 e. The first-order valence-corrected chi connectivity index (χ1v) is 7.93. The minimum Gasteiger partial charge on any atom is -0.263 e. The fourth-order valence-electron chi connectivity index (χ4n) is 2.35. The third kappa shape index (κ3) is 2.68. The topological polar surface area (TPSA) is 50.3 Å². The highest BCUT2D eigenvalue weighted by Gasteiger charge is 2.30. The van der Waals surface area contributed by atoms with Gasteiger partial charge in [-0.15, -0.1) is 0 Å². The van der Waals surface area contributed by atoms with Crippen LogP contribution in [-0.4, -0.2) is 30.8 Å². The summed E-state index contributed by atoms with van der Waals surface area (Å²) in [6.45, 7) is 0. The van der Waals surface area contributed by atoms with E-state index in [9.17, 15) is 8.42 Å². The van der Waals surface area contributed by atoms with Crippen molar-refractivity contribution in [3.05, 3.63) is 23.5 Å². The van der Waals surface area contributed by atoms with E-state index in [1.165, 1.54) is 29.2 Å². The summed E-state index contributed by atoms with van der Waals surface area (Å²) in [5, 5.41) is 0.229. The van der Waals surface area contributed by atoms with Crippen LogP contribution in [0.15, 0.2) is 23.4 Å². The van der Waals surface area contributed by atoms with Gasteiger partial charge in [-0.2, -0.15) is 4.31 Å².